The highest BCUT2D eigenvalue weighted by Gasteiger charge is 2.15. The molecule has 0 aliphatic rings. The Morgan fingerprint density at radius 1 is 1.30 bits per heavy atom. The molecule has 1 heterocycles. The Morgan fingerprint density at radius 2 is 2.00 bits per heavy atom. The third-order valence-corrected chi connectivity index (χ3v) is 3.85. The standard InChI is InChI=1S/C16H20N2O2/c1-4-10(2)11(3)17-16(20)14-9-12-7-5-6-8-13(12)15(19)18-14/h5-11H,4H2,1-3H3,(H,17,20)(H,18,19)/t10-,11+/m0/s1. The van der Waals surface area contributed by atoms with Gasteiger partial charge in [-0.05, 0) is 30.4 Å². The van der Waals surface area contributed by atoms with Gasteiger partial charge in [-0.2, -0.15) is 0 Å². The van der Waals surface area contributed by atoms with Gasteiger partial charge in [0.25, 0.3) is 11.5 Å². The van der Waals surface area contributed by atoms with Crippen LogP contribution in [0.2, 0.25) is 0 Å². The van der Waals surface area contributed by atoms with Crippen molar-refractivity contribution in [2.75, 3.05) is 0 Å². The maximum atomic E-state index is 12.2. The lowest BCUT2D eigenvalue weighted by molar-refractivity contribution is 0.0923. The molecular weight excluding hydrogens is 252 g/mol. The van der Waals surface area contributed by atoms with E-state index >= 15 is 0 Å². The largest absolute Gasteiger partial charge is 0.348 e. The number of benzene rings is 1. The highest BCUT2D eigenvalue weighted by atomic mass is 16.2. The van der Waals surface area contributed by atoms with Crippen LogP contribution in [-0.2, 0) is 0 Å². The van der Waals surface area contributed by atoms with Crippen LogP contribution in [0.4, 0.5) is 0 Å². The molecule has 0 unspecified atom stereocenters. The van der Waals surface area contributed by atoms with Crippen molar-refractivity contribution in [3.63, 3.8) is 0 Å². The molecule has 0 radical (unpaired) electrons. The van der Waals surface area contributed by atoms with Crippen LogP contribution in [0.1, 0.15) is 37.7 Å². The van der Waals surface area contributed by atoms with Gasteiger partial charge in [0.05, 0.1) is 0 Å². The number of hydrogen-bond donors (Lipinski definition) is 2. The summed E-state index contributed by atoms with van der Waals surface area (Å²) in [6.45, 7) is 6.16. The molecule has 4 heteroatoms. The van der Waals surface area contributed by atoms with Gasteiger partial charge in [-0.25, -0.2) is 0 Å². The van der Waals surface area contributed by atoms with Crippen molar-refractivity contribution < 1.29 is 4.79 Å². The minimum absolute atomic E-state index is 0.0717. The number of aromatic nitrogens is 1. The molecule has 1 amide bonds. The molecule has 0 spiro atoms. The lowest BCUT2D eigenvalue weighted by atomic mass is 10.0. The molecule has 1 aromatic carbocycles. The Kier molecular flexibility index (Phi) is 4.23. The first kappa shape index (κ1) is 14.3. The highest BCUT2D eigenvalue weighted by Crippen LogP contribution is 2.11. The van der Waals surface area contributed by atoms with Crippen LogP contribution in [0, 0.1) is 5.92 Å². The van der Waals surface area contributed by atoms with Gasteiger partial charge in [-0.1, -0.05) is 38.5 Å². The summed E-state index contributed by atoms with van der Waals surface area (Å²) in [4.78, 5) is 26.8. The van der Waals surface area contributed by atoms with Crippen LogP contribution < -0.4 is 10.9 Å². The zero-order valence-corrected chi connectivity index (χ0v) is 12.1. The average molecular weight is 272 g/mol. The summed E-state index contributed by atoms with van der Waals surface area (Å²) in [7, 11) is 0. The number of fused-ring (bicyclic) bond motifs is 1. The maximum absolute atomic E-state index is 12.2. The molecule has 20 heavy (non-hydrogen) atoms. The summed E-state index contributed by atoms with van der Waals surface area (Å²) >= 11 is 0. The van der Waals surface area contributed by atoms with Gasteiger partial charge in [-0.3, -0.25) is 9.59 Å². The van der Waals surface area contributed by atoms with E-state index in [1.54, 1.807) is 12.1 Å². The number of carbonyl (C=O) groups is 1. The van der Waals surface area contributed by atoms with Crippen LogP contribution in [0.15, 0.2) is 35.1 Å². The highest BCUT2D eigenvalue weighted by molar-refractivity contribution is 5.96. The second-order valence-electron chi connectivity index (χ2n) is 5.25. The van der Waals surface area contributed by atoms with E-state index < -0.39 is 0 Å². The smallest absolute Gasteiger partial charge is 0.268 e. The van der Waals surface area contributed by atoms with E-state index in [0.717, 1.165) is 11.8 Å². The number of H-pyrrole nitrogens is 1. The van der Waals surface area contributed by atoms with Gasteiger partial charge < -0.3 is 10.3 Å². The number of nitrogens with one attached hydrogen (secondary N) is 2. The molecule has 2 atom stereocenters. The Hall–Kier alpha value is -2.10. The fourth-order valence-electron chi connectivity index (χ4n) is 2.11. The van der Waals surface area contributed by atoms with Crippen LogP contribution in [-0.4, -0.2) is 16.9 Å². The molecule has 2 N–H and O–H groups in total. The van der Waals surface area contributed by atoms with E-state index in [1.165, 1.54) is 0 Å². The molecular formula is C16H20N2O2. The molecule has 106 valence electrons. The average Bonchev–Trinajstić information content (AvgIpc) is 2.46. The summed E-state index contributed by atoms with van der Waals surface area (Å²) in [6.07, 6.45) is 0.996. The summed E-state index contributed by atoms with van der Waals surface area (Å²) in [5.74, 6) is 0.159. The summed E-state index contributed by atoms with van der Waals surface area (Å²) in [5.41, 5.74) is 0.0771. The molecule has 1 aromatic heterocycles. The van der Waals surface area contributed by atoms with Gasteiger partial charge in [-0.15, -0.1) is 0 Å². The Bertz CT molecular complexity index is 675. The Labute approximate surface area is 118 Å². The zero-order valence-electron chi connectivity index (χ0n) is 12.1. The minimum atomic E-state index is -0.236. The zero-order chi connectivity index (χ0) is 14.7. The fourth-order valence-corrected chi connectivity index (χ4v) is 2.11. The molecule has 2 aromatic rings. The number of hydrogen-bond acceptors (Lipinski definition) is 2. The summed E-state index contributed by atoms with van der Waals surface area (Å²) in [5, 5.41) is 4.30. The maximum Gasteiger partial charge on any atom is 0.268 e. The van der Waals surface area contributed by atoms with E-state index in [4.69, 9.17) is 0 Å². The number of rotatable bonds is 4. The van der Waals surface area contributed by atoms with E-state index in [1.807, 2.05) is 25.1 Å². The third-order valence-electron chi connectivity index (χ3n) is 3.85. The third kappa shape index (κ3) is 2.90. The molecule has 0 aliphatic carbocycles. The predicted octanol–water partition coefficient (Wildman–Crippen LogP) is 2.69. The monoisotopic (exact) mass is 272 g/mol. The number of aromatic amines is 1. The first-order valence-electron chi connectivity index (χ1n) is 6.96. The SMILES string of the molecule is CC[C@H](C)[C@@H](C)NC(=O)c1cc2ccccc2c(=O)[nH]1. The van der Waals surface area contributed by atoms with Crippen LogP contribution in [0.25, 0.3) is 10.8 Å². The van der Waals surface area contributed by atoms with Crippen molar-refractivity contribution in [3.05, 3.63) is 46.4 Å². The summed E-state index contributed by atoms with van der Waals surface area (Å²) in [6, 6.07) is 9.03. The van der Waals surface area contributed by atoms with Gasteiger partial charge in [0.1, 0.15) is 5.69 Å². The van der Waals surface area contributed by atoms with Crippen molar-refractivity contribution >= 4 is 16.7 Å². The predicted molar refractivity (Wildman–Crippen MR) is 81.0 cm³/mol. The van der Waals surface area contributed by atoms with Crippen molar-refractivity contribution in [1.29, 1.82) is 0 Å². The quantitative estimate of drug-likeness (QED) is 0.899. The minimum Gasteiger partial charge on any atom is -0.348 e. The van der Waals surface area contributed by atoms with E-state index in [2.05, 4.69) is 24.1 Å². The Morgan fingerprint density at radius 3 is 2.70 bits per heavy atom. The van der Waals surface area contributed by atoms with Gasteiger partial charge in [0.2, 0.25) is 0 Å². The van der Waals surface area contributed by atoms with Crippen molar-refractivity contribution in [1.82, 2.24) is 10.3 Å². The lowest BCUT2D eigenvalue weighted by Gasteiger charge is -2.19. The van der Waals surface area contributed by atoms with Crippen molar-refractivity contribution in [2.45, 2.75) is 33.2 Å². The summed E-state index contributed by atoms with van der Waals surface area (Å²) < 4.78 is 0. The van der Waals surface area contributed by atoms with E-state index in [9.17, 15) is 9.59 Å². The normalized spacial score (nSPS) is 13.9. The molecule has 2 rings (SSSR count). The van der Waals surface area contributed by atoms with E-state index in [-0.39, 0.29) is 17.5 Å². The molecule has 4 nitrogen and oxygen atoms in total. The topological polar surface area (TPSA) is 62.0 Å². The number of amides is 1. The first-order valence-corrected chi connectivity index (χ1v) is 6.96. The number of carbonyl (C=O) groups excluding carboxylic acids is 1. The lowest BCUT2D eigenvalue weighted by Crippen LogP contribution is -2.37. The molecule has 0 bridgehead atoms. The second-order valence-corrected chi connectivity index (χ2v) is 5.25. The van der Waals surface area contributed by atoms with Crippen LogP contribution >= 0.6 is 0 Å². The molecule has 0 saturated heterocycles. The van der Waals surface area contributed by atoms with Gasteiger partial charge in [0, 0.05) is 11.4 Å². The first-order chi connectivity index (χ1) is 9.52. The van der Waals surface area contributed by atoms with Gasteiger partial charge >= 0.3 is 0 Å². The van der Waals surface area contributed by atoms with Gasteiger partial charge in [0.15, 0.2) is 0 Å². The van der Waals surface area contributed by atoms with Crippen LogP contribution in [0.5, 0.6) is 0 Å². The number of pyridine rings is 1. The fraction of sp³-hybridized carbons (Fsp3) is 0.375. The molecule has 0 saturated carbocycles. The second kappa shape index (κ2) is 5.90. The van der Waals surface area contributed by atoms with Crippen molar-refractivity contribution in [2.24, 2.45) is 5.92 Å². The molecule has 0 aliphatic heterocycles. The Balaban J connectivity index is 2.29. The van der Waals surface area contributed by atoms with Crippen LogP contribution in [0.3, 0.4) is 0 Å². The van der Waals surface area contributed by atoms with Crippen molar-refractivity contribution in [3.8, 4) is 0 Å². The molecule has 0 fully saturated rings. The van der Waals surface area contributed by atoms with E-state index in [0.29, 0.717) is 17.0 Å².